The Labute approximate surface area is 149 Å². The summed E-state index contributed by atoms with van der Waals surface area (Å²) in [5.74, 6) is 0.178. The van der Waals surface area contributed by atoms with Crippen molar-refractivity contribution in [1.82, 2.24) is 9.71 Å². The van der Waals surface area contributed by atoms with Gasteiger partial charge in [0.05, 0.1) is 17.6 Å². The van der Waals surface area contributed by atoms with E-state index in [2.05, 4.69) is 15.0 Å². The molecule has 1 aromatic carbocycles. The topological polar surface area (TPSA) is 80.3 Å². The van der Waals surface area contributed by atoms with E-state index in [9.17, 15) is 21.6 Å². The smallest absolute Gasteiger partial charge is 0.419 e. The molecule has 0 bridgehead atoms. The van der Waals surface area contributed by atoms with Crippen LogP contribution in [0.5, 0.6) is 5.75 Å². The monoisotopic (exact) mass is 389 g/mol. The number of hydrogen-bond acceptors (Lipinski definition) is 5. The Morgan fingerprint density at radius 1 is 1.19 bits per heavy atom. The Morgan fingerprint density at radius 3 is 2.54 bits per heavy atom. The summed E-state index contributed by atoms with van der Waals surface area (Å²) in [5.41, 5.74) is -0.414. The molecular formula is C16H18F3N3O3S. The number of aryl methyl sites for hydroxylation is 1. The fraction of sp³-hybridized carbons (Fsp3) is 0.312. The second kappa shape index (κ2) is 7.92. The molecule has 0 aliphatic heterocycles. The van der Waals surface area contributed by atoms with Crippen molar-refractivity contribution in [3.05, 3.63) is 47.7 Å². The molecule has 2 aromatic rings. The molecule has 0 fully saturated rings. The zero-order valence-electron chi connectivity index (χ0n) is 14.1. The average molecular weight is 389 g/mol. The lowest BCUT2D eigenvalue weighted by atomic mass is 10.2. The van der Waals surface area contributed by atoms with Gasteiger partial charge in [-0.25, -0.2) is 18.1 Å². The molecule has 0 unspecified atom stereocenters. The maximum atomic E-state index is 12.9. The van der Waals surface area contributed by atoms with E-state index >= 15 is 0 Å². The number of alkyl halides is 3. The second-order valence-electron chi connectivity index (χ2n) is 5.35. The van der Waals surface area contributed by atoms with Crippen LogP contribution in [0.4, 0.5) is 19.0 Å². The Hall–Kier alpha value is -2.33. The quantitative estimate of drug-likeness (QED) is 0.712. The fourth-order valence-corrected chi connectivity index (χ4v) is 3.53. The molecule has 0 spiro atoms. The van der Waals surface area contributed by atoms with Gasteiger partial charge >= 0.3 is 6.18 Å². The first kappa shape index (κ1) is 20.0. The number of nitrogens with zero attached hydrogens (tertiary/aromatic N) is 1. The lowest BCUT2D eigenvalue weighted by Crippen LogP contribution is -2.30. The van der Waals surface area contributed by atoms with Gasteiger partial charge in [0.2, 0.25) is 10.0 Å². The molecule has 0 radical (unpaired) electrons. The van der Waals surface area contributed by atoms with Crippen LogP contribution < -0.4 is 14.8 Å². The van der Waals surface area contributed by atoms with Gasteiger partial charge in [-0.05, 0) is 42.8 Å². The first-order valence-corrected chi connectivity index (χ1v) is 9.04. The van der Waals surface area contributed by atoms with E-state index in [1.807, 2.05) is 0 Å². The van der Waals surface area contributed by atoms with Gasteiger partial charge in [-0.3, -0.25) is 0 Å². The number of ether oxygens (including phenoxy) is 1. The SMILES string of the molecule is COc1ccc(S(=O)(=O)NCCNc2ncccc2C(F)(F)F)c(C)c1. The van der Waals surface area contributed by atoms with Crippen molar-refractivity contribution in [2.75, 3.05) is 25.5 Å². The van der Waals surface area contributed by atoms with Gasteiger partial charge in [0.15, 0.2) is 0 Å². The van der Waals surface area contributed by atoms with E-state index in [0.29, 0.717) is 11.3 Å². The maximum Gasteiger partial charge on any atom is 0.419 e. The van der Waals surface area contributed by atoms with Crippen LogP contribution in [0.1, 0.15) is 11.1 Å². The van der Waals surface area contributed by atoms with Crippen molar-refractivity contribution < 1.29 is 26.3 Å². The third-order valence-corrected chi connectivity index (χ3v) is 5.12. The predicted molar refractivity (Wildman–Crippen MR) is 90.6 cm³/mol. The Balaban J connectivity index is 2.00. The first-order valence-electron chi connectivity index (χ1n) is 7.55. The van der Waals surface area contributed by atoms with Gasteiger partial charge in [-0.1, -0.05) is 0 Å². The van der Waals surface area contributed by atoms with Crippen LogP contribution in [-0.2, 0) is 16.2 Å². The highest BCUT2D eigenvalue weighted by Crippen LogP contribution is 2.33. The van der Waals surface area contributed by atoms with Crippen molar-refractivity contribution in [3.8, 4) is 5.75 Å². The number of benzene rings is 1. The number of pyridine rings is 1. The molecule has 142 valence electrons. The number of halogens is 3. The molecule has 6 nitrogen and oxygen atoms in total. The van der Waals surface area contributed by atoms with E-state index in [1.165, 1.54) is 31.5 Å². The molecule has 0 aliphatic rings. The molecule has 2 N–H and O–H groups in total. The molecule has 0 saturated heterocycles. The van der Waals surface area contributed by atoms with Crippen LogP contribution >= 0.6 is 0 Å². The zero-order valence-corrected chi connectivity index (χ0v) is 14.9. The van der Waals surface area contributed by atoms with Crippen LogP contribution in [0.15, 0.2) is 41.4 Å². The number of nitrogens with one attached hydrogen (secondary N) is 2. The van der Waals surface area contributed by atoms with Crippen molar-refractivity contribution in [3.63, 3.8) is 0 Å². The number of hydrogen-bond donors (Lipinski definition) is 2. The van der Waals surface area contributed by atoms with Gasteiger partial charge in [-0.15, -0.1) is 0 Å². The Kier molecular flexibility index (Phi) is 6.09. The number of anilines is 1. The van der Waals surface area contributed by atoms with Crippen LogP contribution in [0.2, 0.25) is 0 Å². The molecule has 2 rings (SSSR count). The molecule has 10 heteroatoms. The van der Waals surface area contributed by atoms with Crippen LogP contribution in [0, 0.1) is 6.92 Å². The van der Waals surface area contributed by atoms with Gasteiger partial charge in [-0.2, -0.15) is 13.2 Å². The minimum Gasteiger partial charge on any atom is -0.497 e. The largest absolute Gasteiger partial charge is 0.497 e. The summed E-state index contributed by atoms with van der Waals surface area (Å²) in [6.45, 7) is 1.45. The highest BCUT2D eigenvalue weighted by Gasteiger charge is 2.33. The maximum absolute atomic E-state index is 12.9. The number of methoxy groups -OCH3 is 1. The normalized spacial score (nSPS) is 12.0. The van der Waals surface area contributed by atoms with Crippen molar-refractivity contribution in [1.29, 1.82) is 0 Å². The summed E-state index contributed by atoms with van der Waals surface area (Å²) < 4.78 is 70.6. The summed E-state index contributed by atoms with van der Waals surface area (Å²) in [5, 5.41) is 2.50. The van der Waals surface area contributed by atoms with Gasteiger partial charge in [0.25, 0.3) is 0 Å². The van der Waals surface area contributed by atoms with E-state index in [1.54, 1.807) is 13.0 Å². The number of rotatable bonds is 7. The molecule has 0 saturated carbocycles. The number of sulfonamides is 1. The van der Waals surface area contributed by atoms with Crippen LogP contribution in [0.3, 0.4) is 0 Å². The van der Waals surface area contributed by atoms with E-state index in [4.69, 9.17) is 4.74 Å². The standard InChI is InChI=1S/C16H18F3N3O3S/c1-11-10-12(25-2)5-6-14(11)26(23,24)22-9-8-21-15-13(16(17,18)19)4-3-7-20-15/h3-7,10,22H,8-9H2,1-2H3,(H,20,21). The average Bonchev–Trinajstić information content (AvgIpc) is 2.58. The van der Waals surface area contributed by atoms with Crippen molar-refractivity contribution >= 4 is 15.8 Å². The van der Waals surface area contributed by atoms with Crippen molar-refractivity contribution in [2.45, 2.75) is 18.0 Å². The Morgan fingerprint density at radius 2 is 1.92 bits per heavy atom. The molecule has 0 aliphatic carbocycles. The lowest BCUT2D eigenvalue weighted by Gasteiger charge is -2.14. The second-order valence-corrected chi connectivity index (χ2v) is 7.09. The third-order valence-electron chi connectivity index (χ3n) is 3.49. The molecule has 0 atom stereocenters. The summed E-state index contributed by atoms with van der Waals surface area (Å²) in [7, 11) is -2.33. The van der Waals surface area contributed by atoms with Gasteiger partial charge in [0.1, 0.15) is 11.6 Å². The van der Waals surface area contributed by atoms with Gasteiger partial charge < -0.3 is 10.1 Å². The summed E-state index contributed by atoms with van der Waals surface area (Å²) >= 11 is 0. The number of aromatic nitrogens is 1. The van der Waals surface area contributed by atoms with Crippen LogP contribution in [-0.4, -0.2) is 33.6 Å². The lowest BCUT2D eigenvalue weighted by molar-refractivity contribution is -0.137. The predicted octanol–water partition coefficient (Wildman–Crippen LogP) is 2.81. The van der Waals surface area contributed by atoms with Crippen molar-refractivity contribution in [2.24, 2.45) is 0 Å². The molecule has 1 heterocycles. The summed E-state index contributed by atoms with van der Waals surface area (Å²) in [6, 6.07) is 6.59. The molecular weight excluding hydrogens is 371 g/mol. The van der Waals surface area contributed by atoms with E-state index < -0.39 is 21.8 Å². The highest BCUT2D eigenvalue weighted by molar-refractivity contribution is 7.89. The first-order chi connectivity index (χ1) is 12.1. The zero-order chi connectivity index (χ0) is 19.4. The van der Waals surface area contributed by atoms with E-state index in [-0.39, 0.29) is 23.8 Å². The molecule has 0 amide bonds. The molecule has 26 heavy (non-hydrogen) atoms. The van der Waals surface area contributed by atoms with Gasteiger partial charge in [0, 0.05) is 19.3 Å². The minimum atomic E-state index is -4.55. The van der Waals surface area contributed by atoms with Crippen LogP contribution in [0.25, 0.3) is 0 Å². The third kappa shape index (κ3) is 4.85. The fourth-order valence-electron chi connectivity index (χ4n) is 2.27. The highest BCUT2D eigenvalue weighted by atomic mass is 32.2. The summed E-state index contributed by atoms with van der Waals surface area (Å²) in [6.07, 6.45) is -3.32. The Bertz CT molecular complexity index is 871. The molecule has 1 aromatic heterocycles. The minimum absolute atomic E-state index is 0.0610. The summed E-state index contributed by atoms with van der Waals surface area (Å²) in [4.78, 5) is 3.72. The van der Waals surface area contributed by atoms with E-state index in [0.717, 1.165) is 6.07 Å².